The van der Waals surface area contributed by atoms with Crippen molar-refractivity contribution in [1.82, 2.24) is 15.3 Å². The second-order valence-corrected chi connectivity index (χ2v) is 4.46. The smallest absolute Gasteiger partial charge is 0.263 e. The first-order valence-corrected chi connectivity index (χ1v) is 6.11. The topological polar surface area (TPSA) is 74.8 Å². The molecular formula is C12H17N3O2. The SMILES string of the molecule is O=C(NC1CCCCCC1)c1cnc[nH]c1=O. The van der Waals surface area contributed by atoms with Gasteiger partial charge in [-0.05, 0) is 12.8 Å². The zero-order valence-electron chi connectivity index (χ0n) is 9.74. The fourth-order valence-electron chi connectivity index (χ4n) is 2.19. The number of carbonyl (C=O) groups excluding carboxylic acids is 1. The molecule has 0 aromatic carbocycles. The Balaban J connectivity index is 2.01. The maximum atomic E-state index is 11.9. The van der Waals surface area contributed by atoms with E-state index in [0.717, 1.165) is 25.7 Å². The Labute approximate surface area is 99.7 Å². The number of hydrogen-bond donors (Lipinski definition) is 2. The molecular weight excluding hydrogens is 218 g/mol. The first kappa shape index (κ1) is 11.8. The Kier molecular flexibility index (Phi) is 3.90. The van der Waals surface area contributed by atoms with Gasteiger partial charge in [0.05, 0.1) is 6.33 Å². The van der Waals surface area contributed by atoms with Crippen LogP contribution in [0.4, 0.5) is 0 Å². The third-order valence-electron chi connectivity index (χ3n) is 3.15. The van der Waals surface area contributed by atoms with Gasteiger partial charge in [0, 0.05) is 12.2 Å². The highest BCUT2D eigenvalue weighted by atomic mass is 16.2. The van der Waals surface area contributed by atoms with Crippen molar-refractivity contribution in [3.8, 4) is 0 Å². The minimum absolute atomic E-state index is 0.0942. The lowest BCUT2D eigenvalue weighted by molar-refractivity contribution is 0.0931. The summed E-state index contributed by atoms with van der Waals surface area (Å²) in [5.74, 6) is -0.314. The van der Waals surface area contributed by atoms with Crippen molar-refractivity contribution in [2.45, 2.75) is 44.6 Å². The fraction of sp³-hybridized carbons (Fsp3) is 0.583. The molecule has 0 aliphatic heterocycles. The molecule has 1 saturated carbocycles. The Morgan fingerprint density at radius 3 is 2.65 bits per heavy atom. The molecule has 0 spiro atoms. The van der Waals surface area contributed by atoms with Crippen molar-refractivity contribution in [3.63, 3.8) is 0 Å². The van der Waals surface area contributed by atoms with Gasteiger partial charge in [0.15, 0.2) is 0 Å². The Hall–Kier alpha value is -1.65. The van der Waals surface area contributed by atoms with Crippen molar-refractivity contribution in [3.05, 3.63) is 28.4 Å². The average molecular weight is 235 g/mol. The van der Waals surface area contributed by atoms with Crippen LogP contribution in [-0.4, -0.2) is 21.9 Å². The summed E-state index contributed by atoms with van der Waals surface area (Å²) in [6.45, 7) is 0. The van der Waals surface area contributed by atoms with Crippen LogP contribution in [0.1, 0.15) is 48.9 Å². The third-order valence-corrected chi connectivity index (χ3v) is 3.15. The molecule has 2 rings (SSSR count). The molecule has 1 aliphatic carbocycles. The molecule has 0 unspecified atom stereocenters. The lowest BCUT2D eigenvalue weighted by atomic mass is 10.1. The zero-order valence-corrected chi connectivity index (χ0v) is 9.74. The molecule has 1 fully saturated rings. The standard InChI is InChI=1S/C12H17N3O2/c16-11-10(7-13-8-14-11)12(17)15-9-5-3-1-2-4-6-9/h7-9H,1-6H2,(H,15,17)(H,13,14,16). The van der Waals surface area contributed by atoms with Gasteiger partial charge in [-0.15, -0.1) is 0 Å². The monoisotopic (exact) mass is 235 g/mol. The molecule has 1 aromatic rings. The number of H-pyrrole nitrogens is 1. The van der Waals surface area contributed by atoms with E-state index >= 15 is 0 Å². The Morgan fingerprint density at radius 2 is 2.00 bits per heavy atom. The van der Waals surface area contributed by atoms with E-state index in [4.69, 9.17) is 0 Å². The van der Waals surface area contributed by atoms with Gasteiger partial charge in [-0.3, -0.25) is 9.59 Å². The van der Waals surface area contributed by atoms with Crippen molar-refractivity contribution in [1.29, 1.82) is 0 Å². The highest BCUT2D eigenvalue weighted by Gasteiger charge is 2.17. The number of carbonyl (C=O) groups is 1. The van der Waals surface area contributed by atoms with E-state index in [-0.39, 0.29) is 23.1 Å². The van der Waals surface area contributed by atoms with E-state index in [1.165, 1.54) is 25.4 Å². The number of amides is 1. The molecule has 0 bridgehead atoms. The van der Waals surface area contributed by atoms with Crippen LogP contribution < -0.4 is 10.9 Å². The number of hydrogen-bond acceptors (Lipinski definition) is 3. The van der Waals surface area contributed by atoms with E-state index in [9.17, 15) is 9.59 Å². The van der Waals surface area contributed by atoms with Gasteiger partial charge in [-0.25, -0.2) is 4.98 Å². The summed E-state index contributed by atoms with van der Waals surface area (Å²) in [6, 6.07) is 0.199. The van der Waals surface area contributed by atoms with Gasteiger partial charge in [0.2, 0.25) is 0 Å². The van der Waals surface area contributed by atoms with Gasteiger partial charge in [-0.2, -0.15) is 0 Å². The second kappa shape index (κ2) is 5.61. The molecule has 0 radical (unpaired) electrons. The van der Waals surface area contributed by atoms with Crippen molar-refractivity contribution in [2.75, 3.05) is 0 Å². The van der Waals surface area contributed by atoms with Crippen LogP contribution in [0.15, 0.2) is 17.3 Å². The number of nitrogens with zero attached hydrogens (tertiary/aromatic N) is 1. The molecule has 1 aliphatic rings. The summed E-state index contributed by atoms with van der Waals surface area (Å²) in [5.41, 5.74) is -0.289. The van der Waals surface area contributed by atoms with E-state index in [1.807, 2.05) is 0 Å². The number of nitrogens with one attached hydrogen (secondary N) is 2. The van der Waals surface area contributed by atoms with E-state index in [1.54, 1.807) is 0 Å². The molecule has 92 valence electrons. The van der Waals surface area contributed by atoms with Gasteiger partial charge in [0.1, 0.15) is 5.56 Å². The molecule has 0 atom stereocenters. The van der Waals surface area contributed by atoms with Crippen molar-refractivity contribution in [2.24, 2.45) is 0 Å². The Morgan fingerprint density at radius 1 is 1.29 bits per heavy atom. The average Bonchev–Trinajstić information content (AvgIpc) is 2.58. The van der Waals surface area contributed by atoms with Crippen LogP contribution >= 0.6 is 0 Å². The van der Waals surface area contributed by atoms with Gasteiger partial charge in [-0.1, -0.05) is 25.7 Å². The van der Waals surface area contributed by atoms with Crippen molar-refractivity contribution >= 4 is 5.91 Å². The maximum Gasteiger partial charge on any atom is 0.263 e. The van der Waals surface area contributed by atoms with Crippen LogP contribution in [-0.2, 0) is 0 Å². The van der Waals surface area contributed by atoms with Crippen LogP contribution in [0.2, 0.25) is 0 Å². The number of aromatic amines is 1. The van der Waals surface area contributed by atoms with Gasteiger partial charge >= 0.3 is 0 Å². The first-order chi connectivity index (χ1) is 8.27. The molecule has 17 heavy (non-hydrogen) atoms. The van der Waals surface area contributed by atoms with Crippen molar-refractivity contribution < 1.29 is 4.79 Å². The predicted octanol–water partition coefficient (Wildman–Crippen LogP) is 1.22. The first-order valence-electron chi connectivity index (χ1n) is 6.11. The van der Waals surface area contributed by atoms with E-state index in [2.05, 4.69) is 15.3 Å². The van der Waals surface area contributed by atoms with Crippen LogP contribution in [0.25, 0.3) is 0 Å². The number of aromatic nitrogens is 2. The summed E-state index contributed by atoms with van der Waals surface area (Å²) >= 11 is 0. The molecule has 5 heteroatoms. The predicted molar refractivity (Wildman–Crippen MR) is 63.8 cm³/mol. The molecule has 1 amide bonds. The highest BCUT2D eigenvalue weighted by molar-refractivity contribution is 5.93. The molecule has 5 nitrogen and oxygen atoms in total. The summed E-state index contributed by atoms with van der Waals surface area (Å²) in [5, 5.41) is 2.92. The minimum atomic E-state index is -0.383. The molecule has 2 N–H and O–H groups in total. The zero-order chi connectivity index (χ0) is 12.1. The van der Waals surface area contributed by atoms with E-state index in [0.29, 0.717) is 0 Å². The van der Waals surface area contributed by atoms with Crippen LogP contribution in [0.5, 0.6) is 0 Å². The number of rotatable bonds is 2. The van der Waals surface area contributed by atoms with Crippen LogP contribution in [0.3, 0.4) is 0 Å². The fourth-order valence-corrected chi connectivity index (χ4v) is 2.19. The second-order valence-electron chi connectivity index (χ2n) is 4.46. The summed E-state index contributed by atoms with van der Waals surface area (Å²) in [6.07, 6.45) is 9.37. The third kappa shape index (κ3) is 3.15. The summed E-state index contributed by atoms with van der Waals surface area (Å²) in [7, 11) is 0. The maximum absolute atomic E-state index is 11.9. The van der Waals surface area contributed by atoms with Crippen LogP contribution in [0, 0.1) is 0 Å². The van der Waals surface area contributed by atoms with E-state index < -0.39 is 0 Å². The molecule has 1 heterocycles. The summed E-state index contributed by atoms with van der Waals surface area (Å²) in [4.78, 5) is 29.5. The quantitative estimate of drug-likeness (QED) is 0.757. The normalized spacial score (nSPS) is 17.4. The lowest BCUT2D eigenvalue weighted by Gasteiger charge is -2.15. The highest BCUT2D eigenvalue weighted by Crippen LogP contribution is 2.17. The van der Waals surface area contributed by atoms with Gasteiger partial charge in [0.25, 0.3) is 11.5 Å². The lowest BCUT2D eigenvalue weighted by Crippen LogP contribution is -2.37. The molecule has 0 saturated heterocycles. The van der Waals surface area contributed by atoms with Gasteiger partial charge < -0.3 is 10.3 Å². The Bertz CT molecular complexity index is 433. The summed E-state index contributed by atoms with van der Waals surface area (Å²) < 4.78 is 0. The molecule has 1 aromatic heterocycles. The minimum Gasteiger partial charge on any atom is -0.349 e. The largest absolute Gasteiger partial charge is 0.349 e.